The third-order valence-corrected chi connectivity index (χ3v) is 2.59. The number of amides is 1. The van der Waals surface area contributed by atoms with Crippen LogP contribution in [0.4, 0.5) is 0 Å². The SMILES string of the molecule is C[C@H](O)C(=O)NCC1CCCCNC1. The zero-order valence-electron chi connectivity index (χ0n) is 8.75. The molecule has 14 heavy (non-hydrogen) atoms. The fourth-order valence-corrected chi connectivity index (χ4v) is 1.66. The maximum atomic E-state index is 11.1. The second kappa shape index (κ2) is 5.98. The Kier molecular flexibility index (Phi) is 4.90. The van der Waals surface area contributed by atoms with E-state index in [1.54, 1.807) is 0 Å². The van der Waals surface area contributed by atoms with Gasteiger partial charge in [-0.15, -0.1) is 0 Å². The number of hydrogen-bond acceptors (Lipinski definition) is 3. The second-order valence-corrected chi connectivity index (χ2v) is 3.99. The van der Waals surface area contributed by atoms with Crippen molar-refractivity contribution in [2.75, 3.05) is 19.6 Å². The van der Waals surface area contributed by atoms with Crippen molar-refractivity contribution in [3.05, 3.63) is 0 Å². The van der Waals surface area contributed by atoms with Gasteiger partial charge in [0.15, 0.2) is 0 Å². The van der Waals surface area contributed by atoms with E-state index in [9.17, 15) is 4.79 Å². The number of rotatable bonds is 3. The summed E-state index contributed by atoms with van der Waals surface area (Å²) in [6, 6.07) is 0. The van der Waals surface area contributed by atoms with E-state index in [0.29, 0.717) is 12.5 Å². The lowest BCUT2D eigenvalue weighted by Gasteiger charge is -2.15. The first-order valence-corrected chi connectivity index (χ1v) is 5.36. The molecule has 1 aliphatic heterocycles. The molecule has 0 aliphatic carbocycles. The Morgan fingerprint density at radius 2 is 2.43 bits per heavy atom. The highest BCUT2D eigenvalue weighted by molar-refractivity contribution is 5.79. The molecule has 2 atom stereocenters. The van der Waals surface area contributed by atoms with Crippen molar-refractivity contribution < 1.29 is 9.90 Å². The van der Waals surface area contributed by atoms with Crippen molar-refractivity contribution in [2.24, 2.45) is 5.92 Å². The predicted octanol–water partition coefficient (Wildman–Crippen LogP) is -0.127. The summed E-state index contributed by atoms with van der Waals surface area (Å²) >= 11 is 0. The van der Waals surface area contributed by atoms with Gasteiger partial charge in [-0.25, -0.2) is 0 Å². The molecule has 4 heteroatoms. The van der Waals surface area contributed by atoms with E-state index in [1.807, 2.05) is 0 Å². The van der Waals surface area contributed by atoms with Gasteiger partial charge in [0.2, 0.25) is 5.91 Å². The molecule has 1 aliphatic rings. The number of aliphatic hydroxyl groups is 1. The third kappa shape index (κ3) is 4.07. The van der Waals surface area contributed by atoms with Crippen molar-refractivity contribution >= 4 is 5.91 Å². The molecule has 1 rings (SSSR count). The van der Waals surface area contributed by atoms with Gasteiger partial charge in [-0.1, -0.05) is 6.42 Å². The molecule has 3 N–H and O–H groups in total. The average molecular weight is 200 g/mol. The van der Waals surface area contributed by atoms with Crippen molar-refractivity contribution in [2.45, 2.75) is 32.3 Å². The largest absolute Gasteiger partial charge is 0.384 e. The molecule has 1 fully saturated rings. The van der Waals surface area contributed by atoms with Crippen LogP contribution in [0.25, 0.3) is 0 Å². The summed E-state index contributed by atoms with van der Waals surface area (Å²) in [6.07, 6.45) is 2.71. The molecule has 4 nitrogen and oxygen atoms in total. The molecule has 1 heterocycles. The highest BCUT2D eigenvalue weighted by Gasteiger charge is 2.14. The first-order chi connectivity index (χ1) is 6.70. The van der Waals surface area contributed by atoms with Gasteiger partial charge >= 0.3 is 0 Å². The van der Waals surface area contributed by atoms with Gasteiger partial charge in [0.05, 0.1) is 0 Å². The molecule has 82 valence electrons. The Morgan fingerprint density at radius 1 is 1.64 bits per heavy atom. The molecule has 0 bridgehead atoms. The zero-order chi connectivity index (χ0) is 10.4. The van der Waals surface area contributed by atoms with Gasteiger partial charge in [-0.3, -0.25) is 4.79 Å². The van der Waals surface area contributed by atoms with Gasteiger partial charge in [0.1, 0.15) is 6.10 Å². The van der Waals surface area contributed by atoms with Crippen molar-refractivity contribution in [1.82, 2.24) is 10.6 Å². The van der Waals surface area contributed by atoms with Crippen LogP contribution in [-0.4, -0.2) is 36.8 Å². The maximum Gasteiger partial charge on any atom is 0.248 e. The second-order valence-electron chi connectivity index (χ2n) is 3.99. The van der Waals surface area contributed by atoms with Gasteiger partial charge in [0.25, 0.3) is 0 Å². The van der Waals surface area contributed by atoms with Crippen molar-refractivity contribution in [3.63, 3.8) is 0 Å². The lowest BCUT2D eigenvalue weighted by Crippen LogP contribution is -2.38. The Bertz CT molecular complexity index is 175. The fraction of sp³-hybridized carbons (Fsp3) is 0.900. The highest BCUT2D eigenvalue weighted by atomic mass is 16.3. The molecule has 0 spiro atoms. The minimum absolute atomic E-state index is 0.269. The van der Waals surface area contributed by atoms with E-state index in [2.05, 4.69) is 10.6 Å². The molecule has 1 amide bonds. The number of carbonyl (C=O) groups excluding carboxylic acids is 1. The molecule has 1 saturated heterocycles. The first-order valence-electron chi connectivity index (χ1n) is 5.36. The van der Waals surface area contributed by atoms with Crippen LogP contribution in [0.15, 0.2) is 0 Å². The van der Waals surface area contributed by atoms with Crippen LogP contribution in [0.2, 0.25) is 0 Å². The topological polar surface area (TPSA) is 61.4 Å². The summed E-state index contributed by atoms with van der Waals surface area (Å²) in [7, 11) is 0. The molecule has 0 aromatic rings. The van der Waals surface area contributed by atoms with E-state index in [1.165, 1.54) is 19.8 Å². The molecule has 0 saturated carbocycles. The lowest BCUT2D eigenvalue weighted by molar-refractivity contribution is -0.128. The summed E-state index contributed by atoms with van der Waals surface area (Å²) < 4.78 is 0. The quantitative estimate of drug-likeness (QED) is 0.595. The summed E-state index contributed by atoms with van der Waals surface area (Å²) in [4.78, 5) is 11.1. The van der Waals surface area contributed by atoms with Crippen LogP contribution in [-0.2, 0) is 4.79 Å². The molecular formula is C10H20N2O2. The summed E-state index contributed by atoms with van der Waals surface area (Å²) in [5, 5.41) is 15.1. The third-order valence-electron chi connectivity index (χ3n) is 2.59. The van der Waals surface area contributed by atoms with Crippen LogP contribution in [0.3, 0.4) is 0 Å². The number of hydrogen-bond donors (Lipinski definition) is 3. The van der Waals surface area contributed by atoms with Crippen LogP contribution in [0, 0.1) is 5.92 Å². The summed E-state index contributed by atoms with van der Waals surface area (Å²) in [6.45, 7) is 4.22. The van der Waals surface area contributed by atoms with Gasteiger partial charge < -0.3 is 15.7 Å². The van der Waals surface area contributed by atoms with E-state index in [-0.39, 0.29) is 5.91 Å². The van der Waals surface area contributed by atoms with Crippen LogP contribution >= 0.6 is 0 Å². The Hall–Kier alpha value is -0.610. The van der Waals surface area contributed by atoms with Crippen molar-refractivity contribution in [1.29, 1.82) is 0 Å². The van der Waals surface area contributed by atoms with E-state index in [4.69, 9.17) is 5.11 Å². The zero-order valence-corrected chi connectivity index (χ0v) is 8.75. The number of aliphatic hydroxyl groups excluding tert-OH is 1. The van der Waals surface area contributed by atoms with Gasteiger partial charge in [0, 0.05) is 6.54 Å². The highest BCUT2D eigenvalue weighted by Crippen LogP contribution is 2.09. The number of carbonyl (C=O) groups is 1. The minimum atomic E-state index is -0.895. The number of nitrogens with one attached hydrogen (secondary N) is 2. The maximum absolute atomic E-state index is 11.1. The molecular weight excluding hydrogens is 180 g/mol. The lowest BCUT2D eigenvalue weighted by atomic mass is 10.0. The average Bonchev–Trinajstić information content (AvgIpc) is 2.42. The van der Waals surface area contributed by atoms with Gasteiger partial charge in [-0.05, 0) is 38.8 Å². The summed E-state index contributed by atoms with van der Waals surface area (Å²) in [5.41, 5.74) is 0. The van der Waals surface area contributed by atoms with Crippen LogP contribution in [0.5, 0.6) is 0 Å². The molecule has 1 unspecified atom stereocenters. The van der Waals surface area contributed by atoms with Crippen molar-refractivity contribution in [3.8, 4) is 0 Å². The standard InChI is InChI=1S/C10H20N2O2/c1-8(13)10(14)12-7-9-4-2-3-5-11-6-9/h8-9,11,13H,2-7H2,1H3,(H,12,14)/t8-,9?/m0/s1. The minimum Gasteiger partial charge on any atom is -0.384 e. The predicted molar refractivity (Wildman–Crippen MR) is 54.9 cm³/mol. The molecule has 0 aromatic heterocycles. The van der Waals surface area contributed by atoms with E-state index >= 15 is 0 Å². The van der Waals surface area contributed by atoms with Crippen LogP contribution in [0.1, 0.15) is 26.2 Å². The van der Waals surface area contributed by atoms with E-state index < -0.39 is 6.10 Å². The summed E-state index contributed by atoms with van der Waals surface area (Å²) in [5.74, 6) is 0.245. The normalized spacial score (nSPS) is 25.1. The van der Waals surface area contributed by atoms with Gasteiger partial charge in [-0.2, -0.15) is 0 Å². The fourth-order valence-electron chi connectivity index (χ4n) is 1.66. The Labute approximate surface area is 85.1 Å². The smallest absolute Gasteiger partial charge is 0.248 e. The van der Waals surface area contributed by atoms with Crippen LogP contribution < -0.4 is 10.6 Å². The van der Waals surface area contributed by atoms with E-state index in [0.717, 1.165) is 19.5 Å². The first kappa shape index (κ1) is 11.5. The monoisotopic (exact) mass is 200 g/mol. The Balaban J connectivity index is 2.19. The molecule has 0 aromatic carbocycles. The molecule has 0 radical (unpaired) electrons. The Morgan fingerprint density at radius 3 is 3.14 bits per heavy atom.